The lowest BCUT2D eigenvalue weighted by molar-refractivity contribution is -0.138. The first-order valence-electron chi connectivity index (χ1n) is 10.9. The Bertz CT molecular complexity index is 1490. The molecule has 0 bridgehead atoms. The number of rotatable bonds is 6. The molecule has 2 aromatic carbocycles. The molecule has 35 heavy (non-hydrogen) atoms. The molecule has 2 N–H and O–H groups in total. The van der Waals surface area contributed by atoms with E-state index >= 15 is 0 Å². The largest absolute Gasteiger partial charge is 0.480 e. The summed E-state index contributed by atoms with van der Waals surface area (Å²) in [4.78, 5) is 16.7. The molecule has 4 aromatic rings. The molecule has 2 aromatic heterocycles. The second-order valence-electron chi connectivity index (χ2n) is 7.24. The molecule has 180 valence electrons. The third kappa shape index (κ3) is 7.20. The average Bonchev–Trinajstić information content (AvgIpc) is 3.35. The molecular weight excluding hydrogens is 499 g/mol. The van der Waals surface area contributed by atoms with Crippen molar-refractivity contribution in [2.45, 2.75) is 30.5 Å². The van der Waals surface area contributed by atoms with Crippen LogP contribution >= 0.6 is 20.6 Å². The van der Waals surface area contributed by atoms with Gasteiger partial charge < -0.3 is 5.11 Å². The van der Waals surface area contributed by atoms with Gasteiger partial charge in [-0.3, -0.25) is 9.78 Å². The number of carboxylic acid groups (broad SMARTS) is 1. The Morgan fingerprint density at radius 2 is 1.80 bits per heavy atom. The molecular formula is C26H25N2O4PS2. The smallest absolute Gasteiger partial charge is 0.322 e. The van der Waals surface area contributed by atoms with E-state index in [9.17, 15) is 18.3 Å². The highest BCUT2D eigenvalue weighted by molar-refractivity contribution is 7.91. The van der Waals surface area contributed by atoms with Gasteiger partial charge >= 0.3 is 5.97 Å². The predicted octanol–water partition coefficient (Wildman–Crippen LogP) is 4.20. The van der Waals surface area contributed by atoms with Crippen molar-refractivity contribution in [2.75, 3.05) is 0 Å². The van der Waals surface area contributed by atoms with E-state index in [-0.39, 0.29) is 10.6 Å². The lowest BCUT2D eigenvalue weighted by Gasteiger charge is -2.14. The minimum absolute atomic E-state index is 0.00925. The highest BCUT2D eigenvalue weighted by Gasteiger charge is 2.27. The van der Waals surface area contributed by atoms with Crippen LogP contribution in [-0.4, -0.2) is 30.5 Å². The summed E-state index contributed by atoms with van der Waals surface area (Å²) < 4.78 is 28.0. The number of sulfonamides is 1. The van der Waals surface area contributed by atoms with Crippen LogP contribution in [-0.2, 0) is 21.2 Å². The summed E-state index contributed by atoms with van der Waals surface area (Å²) in [5.41, 5.74) is 2.22. The first-order valence-corrected chi connectivity index (χ1v) is 13.7. The van der Waals surface area contributed by atoms with Crippen LogP contribution in [0.15, 0.2) is 77.1 Å². The number of pyridine rings is 1. The molecule has 0 aliphatic rings. The van der Waals surface area contributed by atoms with E-state index in [1.807, 2.05) is 68.4 Å². The van der Waals surface area contributed by atoms with Gasteiger partial charge in [-0.1, -0.05) is 56.0 Å². The van der Waals surface area contributed by atoms with E-state index in [4.69, 9.17) is 0 Å². The molecule has 0 saturated heterocycles. The second-order valence-corrected chi connectivity index (χ2v) is 10.9. The van der Waals surface area contributed by atoms with Crippen molar-refractivity contribution < 1.29 is 18.3 Å². The molecule has 0 aliphatic carbocycles. The Balaban J connectivity index is 0.00000167. The number of thiophene rings is 1. The molecule has 0 aliphatic heterocycles. The molecule has 0 radical (unpaired) electrons. The molecule has 4 rings (SSSR count). The number of para-hydroxylation sites is 1. The summed E-state index contributed by atoms with van der Waals surface area (Å²) in [5.74, 6) is 4.68. The van der Waals surface area contributed by atoms with Crippen molar-refractivity contribution in [2.24, 2.45) is 0 Å². The van der Waals surface area contributed by atoms with Crippen molar-refractivity contribution >= 4 is 52.8 Å². The minimum Gasteiger partial charge on any atom is -0.480 e. The Labute approximate surface area is 211 Å². The zero-order valence-corrected chi connectivity index (χ0v) is 22.0. The van der Waals surface area contributed by atoms with Crippen molar-refractivity contribution in [1.29, 1.82) is 0 Å². The summed E-state index contributed by atoms with van der Waals surface area (Å²) in [6.45, 7) is 4.00. The van der Waals surface area contributed by atoms with Crippen molar-refractivity contribution in [3.05, 3.63) is 88.9 Å². The molecule has 2 heterocycles. The molecule has 0 saturated carbocycles. The SMILES string of the molecule is CC.O=C(O)[C@@H](Cc1cnc2ccccc2c1)NS(=O)(=O)c1ccc(C#Cc2ccc(P)cc2)s1. The van der Waals surface area contributed by atoms with Gasteiger partial charge in [0, 0.05) is 23.6 Å². The fourth-order valence-electron chi connectivity index (χ4n) is 3.12. The maximum absolute atomic E-state index is 12.8. The Kier molecular flexibility index (Phi) is 9.13. The Morgan fingerprint density at radius 1 is 1.09 bits per heavy atom. The maximum Gasteiger partial charge on any atom is 0.322 e. The molecule has 0 amide bonds. The van der Waals surface area contributed by atoms with E-state index in [1.165, 1.54) is 6.07 Å². The van der Waals surface area contributed by atoms with Crippen molar-refractivity contribution in [3.63, 3.8) is 0 Å². The summed E-state index contributed by atoms with van der Waals surface area (Å²) in [7, 11) is -1.44. The van der Waals surface area contributed by atoms with Gasteiger partial charge in [0.15, 0.2) is 0 Å². The van der Waals surface area contributed by atoms with Gasteiger partial charge in [-0.2, -0.15) is 4.72 Å². The van der Waals surface area contributed by atoms with Gasteiger partial charge in [-0.15, -0.1) is 20.6 Å². The fraction of sp³-hybridized carbons (Fsp3) is 0.154. The summed E-state index contributed by atoms with van der Waals surface area (Å²) in [6, 6.07) is 18.6. The minimum atomic E-state index is -4.04. The van der Waals surface area contributed by atoms with Crippen LogP contribution in [0.5, 0.6) is 0 Å². The van der Waals surface area contributed by atoms with Crippen LogP contribution in [0.25, 0.3) is 10.9 Å². The zero-order valence-electron chi connectivity index (χ0n) is 19.2. The topological polar surface area (TPSA) is 96.4 Å². The normalized spacial score (nSPS) is 11.6. The number of hydrogen-bond acceptors (Lipinski definition) is 5. The third-order valence-corrected chi connectivity index (χ3v) is 8.12. The molecule has 0 spiro atoms. The number of aliphatic carboxylic acids is 1. The third-order valence-electron chi connectivity index (χ3n) is 4.77. The maximum atomic E-state index is 12.8. The van der Waals surface area contributed by atoms with Gasteiger partial charge in [-0.05, 0) is 47.3 Å². The van der Waals surface area contributed by atoms with Crippen LogP contribution < -0.4 is 10.0 Å². The summed E-state index contributed by atoms with van der Waals surface area (Å²) in [6.07, 6.45) is 1.53. The second kappa shape index (κ2) is 12.1. The Hall–Kier alpha value is -3.08. The number of nitrogens with zero attached hydrogens (tertiary/aromatic N) is 1. The summed E-state index contributed by atoms with van der Waals surface area (Å²) in [5, 5.41) is 11.5. The van der Waals surface area contributed by atoms with Crippen molar-refractivity contribution in [1.82, 2.24) is 9.71 Å². The van der Waals surface area contributed by atoms with Gasteiger partial charge in [0.1, 0.15) is 10.3 Å². The number of carbonyl (C=O) groups is 1. The lowest BCUT2D eigenvalue weighted by Crippen LogP contribution is -2.42. The van der Waals surface area contributed by atoms with Gasteiger partial charge in [0.2, 0.25) is 0 Å². The fourth-order valence-corrected chi connectivity index (χ4v) is 5.68. The number of aromatic nitrogens is 1. The van der Waals surface area contributed by atoms with E-state index in [2.05, 4.69) is 30.8 Å². The van der Waals surface area contributed by atoms with Gasteiger partial charge in [0.25, 0.3) is 10.0 Å². The number of nitrogens with one attached hydrogen (secondary N) is 1. The Morgan fingerprint density at radius 3 is 2.51 bits per heavy atom. The molecule has 9 heteroatoms. The van der Waals surface area contributed by atoms with E-state index in [0.717, 1.165) is 33.1 Å². The van der Waals surface area contributed by atoms with Crippen molar-refractivity contribution in [3.8, 4) is 11.8 Å². The number of fused-ring (bicyclic) bond motifs is 1. The average molecular weight is 525 g/mol. The number of carboxylic acids is 1. The van der Waals surface area contributed by atoms with Crippen LogP contribution in [0.2, 0.25) is 0 Å². The van der Waals surface area contributed by atoms with Gasteiger partial charge in [-0.25, -0.2) is 8.42 Å². The van der Waals surface area contributed by atoms with E-state index < -0.39 is 22.0 Å². The monoisotopic (exact) mass is 524 g/mol. The molecule has 6 nitrogen and oxygen atoms in total. The van der Waals surface area contributed by atoms with Crippen LogP contribution in [0.3, 0.4) is 0 Å². The van der Waals surface area contributed by atoms with Crippen LogP contribution in [0.1, 0.15) is 29.9 Å². The number of benzene rings is 2. The molecule has 0 fully saturated rings. The first kappa shape index (κ1) is 26.5. The standard InChI is InChI=1S/C24H19N2O4PS2.C2H6/c27-24(28)22(14-17-13-18-3-1-2-4-21(18)25-15-17)26-33(29,30)23-12-11-20(32-23)10-7-16-5-8-19(31)9-6-16;1-2/h1-6,8-9,11-13,15,22,26H,14,31H2,(H,27,28);1-2H3/t22-;/m1./s1. The van der Waals surface area contributed by atoms with Crippen LogP contribution in [0, 0.1) is 11.8 Å². The van der Waals surface area contributed by atoms with Crippen LogP contribution in [0.4, 0.5) is 0 Å². The molecule has 1 unspecified atom stereocenters. The van der Waals surface area contributed by atoms with E-state index in [1.54, 1.807) is 12.3 Å². The van der Waals surface area contributed by atoms with Gasteiger partial charge in [0.05, 0.1) is 10.4 Å². The highest BCUT2D eigenvalue weighted by Crippen LogP contribution is 2.22. The lowest BCUT2D eigenvalue weighted by atomic mass is 10.1. The highest BCUT2D eigenvalue weighted by atomic mass is 32.2. The molecule has 2 atom stereocenters. The quantitative estimate of drug-likeness (QED) is 0.291. The summed E-state index contributed by atoms with van der Waals surface area (Å²) >= 11 is 0.991. The first-order chi connectivity index (χ1) is 16.8. The number of hydrogen-bond donors (Lipinski definition) is 2. The van der Waals surface area contributed by atoms with E-state index in [0.29, 0.717) is 10.4 Å². The predicted molar refractivity (Wildman–Crippen MR) is 145 cm³/mol. The zero-order chi connectivity index (χ0) is 25.4.